The van der Waals surface area contributed by atoms with Gasteiger partial charge in [0, 0.05) is 17.8 Å². The summed E-state index contributed by atoms with van der Waals surface area (Å²) in [6.07, 6.45) is 3.50. The molecule has 3 aromatic heterocycles. The molecular formula is C18H12ClN3O3. The molecule has 0 aliphatic carbocycles. The number of carbonyl (C=O) groups excluding carboxylic acids is 1. The average molecular weight is 354 g/mol. The molecule has 124 valence electrons. The number of rotatable bonds is 3. The van der Waals surface area contributed by atoms with Gasteiger partial charge in [-0.15, -0.1) is 0 Å². The number of carbonyl (C=O) groups is 1. The number of nitrogens with one attached hydrogen (secondary N) is 1. The highest BCUT2D eigenvalue weighted by molar-refractivity contribution is 6.30. The van der Waals surface area contributed by atoms with Gasteiger partial charge in [-0.25, -0.2) is 9.78 Å². The maximum Gasteiger partial charge on any atom is 0.349 e. The summed E-state index contributed by atoms with van der Waals surface area (Å²) in [6, 6.07) is 12.1. The molecule has 1 amide bonds. The Hall–Kier alpha value is -3.12. The van der Waals surface area contributed by atoms with E-state index < -0.39 is 11.5 Å². The van der Waals surface area contributed by atoms with Crippen LogP contribution in [-0.2, 0) is 6.54 Å². The number of aromatic nitrogens is 2. The summed E-state index contributed by atoms with van der Waals surface area (Å²) in [5, 5.41) is 3.97. The Morgan fingerprint density at radius 1 is 1.20 bits per heavy atom. The Labute approximate surface area is 146 Å². The van der Waals surface area contributed by atoms with Gasteiger partial charge in [0.05, 0.1) is 17.3 Å². The van der Waals surface area contributed by atoms with E-state index in [1.54, 1.807) is 47.1 Å². The molecule has 0 atom stereocenters. The van der Waals surface area contributed by atoms with Crippen LogP contribution in [0.4, 0.5) is 0 Å². The Morgan fingerprint density at radius 3 is 2.92 bits per heavy atom. The average Bonchev–Trinajstić information content (AvgIpc) is 3.01. The Morgan fingerprint density at radius 2 is 2.04 bits per heavy atom. The second-order valence-electron chi connectivity index (χ2n) is 5.51. The third kappa shape index (κ3) is 2.99. The topological polar surface area (TPSA) is 76.6 Å². The molecule has 0 saturated carbocycles. The number of amides is 1. The molecule has 1 N–H and O–H groups in total. The largest absolute Gasteiger partial charge is 0.422 e. The van der Waals surface area contributed by atoms with Crippen LogP contribution in [0.5, 0.6) is 0 Å². The number of halogens is 1. The van der Waals surface area contributed by atoms with Gasteiger partial charge in [-0.3, -0.25) is 4.79 Å². The van der Waals surface area contributed by atoms with Gasteiger partial charge >= 0.3 is 5.63 Å². The smallest absolute Gasteiger partial charge is 0.349 e. The minimum absolute atomic E-state index is 0.0366. The summed E-state index contributed by atoms with van der Waals surface area (Å²) in [5.74, 6) is -0.505. The molecule has 0 spiro atoms. The highest BCUT2D eigenvalue weighted by Crippen LogP contribution is 2.13. The monoisotopic (exact) mass is 353 g/mol. The van der Waals surface area contributed by atoms with Crippen molar-refractivity contribution in [2.45, 2.75) is 6.54 Å². The van der Waals surface area contributed by atoms with Crippen LogP contribution in [0.25, 0.3) is 16.6 Å². The number of hydrogen-bond acceptors (Lipinski definition) is 4. The van der Waals surface area contributed by atoms with Gasteiger partial charge in [-0.1, -0.05) is 29.8 Å². The number of nitrogens with zero attached hydrogens (tertiary/aromatic N) is 2. The summed E-state index contributed by atoms with van der Waals surface area (Å²) in [7, 11) is 0. The van der Waals surface area contributed by atoms with Crippen molar-refractivity contribution in [3.05, 3.63) is 81.6 Å². The third-order valence-corrected chi connectivity index (χ3v) is 4.00. The number of fused-ring (bicyclic) bond motifs is 2. The van der Waals surface area contributed by atoms with Gasteiger partial charge in [0.1, 0.15) is 16.8 Å². The molecule has 0 saturated heterocycles. The first-order chi connectivity index (χ1) is 12.1. The van der Waals surface area contributed by atoms with Crippen molar-refractivity contribution in [2.24, 2.45) is 0 Å². The molecule has 7 heteroatoms. The minimum Gasteiger partial charge on any atom is -0.422 e. The number of pyridine rings is 1. The Kier molecular flexibility index (Phi) is 3.74. The van der Waals surface area contributed by atoms with Crippen LogP contribution in [0.1, 0.15) is 16.1 Å². The molecule has 0 unspecified atom stereocenters. The molecule has 0 aliphatic rings. The molecule has 0 radical (unpaired) electrons. The standard InChI is InChI=1S/C18H12ClN3O3/c19-12-5-6-16-21-13(10-22(16)9-12)8-20-17(23)14-7-11-3-1-2-4-15(11)25-18(14)24/h1-7,9-10H,8H2,(H,20,23). The fraction of sp³-hybridized carbons (Fsp3) is 0.0556. The first kappa shape index (κ1) is 15.4. The van der Waals surface area contributed by atoms with Crippen molar-refractivity contribution in [3.63, 3.8) is 0 Å². The quantitative estimate of drug-likeness (QED) is 0.574. The molecule has 0 fully saturated rings. The van der Waals surface area contributed by atoms with E-state index in [9.17, 15) is 9.59 Å². The number of hydrogen-bond donors (Lipinski definition) is 1. The molecule has 4 aromatic rings. The molecular weight excluding hydrogens is 342 g/mol. The van der Waals surface area contributed by atoms with Gasteiger partial charge in [-0.05, 0) is 24.3 Å². The van der Waals surface area contributed by atoms with Gasteiger partial charge < -0.3 is 14.1 Å². The minimum atomic E-state index is -0.669. The van der Waals surface area contributed by atoms with Crippen LogP contribution in [-0.4, -0.2) is 15.3 Å². The second kappa shape index (κ2) is 6.07. The van der Waals surface area contributed by atoms with E-state index in [4.69, 9.17) is 16.0 Å². The van der Waals surface area contributed by atoms with E-state index in [1.165, 1.54) is 6.07 Å². The molecule has 3 heterocycles. The van der Waals surface area contributed by atoms with Crippen molar-refractivity contribution in [3.8, 4) is 0 Å². The predicted molar refractivity (Wildman–Crippen MR) is 93.9 cm³/mol. The molecule has 4 rings (SSSR count). The lowest BCUT2D eigenvalue weighted by atomic mass is 10.2. The lowest BCUT2D eigenvalue weighted by Gasteiger charge is -2.03. The predicted octanol–water partition coefficient (Wildman–Crippen LogP) is 3.02. The van der Waals surface area contributed by atoms with Crippen molar-refractivity contribution in [2.75, 3.05) is 0 Å². The van der Waals surface area contributed by atoms with Crippen molar-refractivity contribution in [1.82, 2.24) is 14.7 Å². The summed E-state index contributed by atoms with van der Waals surface area (Å²) >= 11 is 5.94. The van der Waals surface area contributed by atoms with E-state index >= 15 is 0 Å². The van der Waals surface area contributed by atoms with Crippen LogP contribution < -0.4 is 10.9 Å². The number of para-hydroxylation sites is 1. The molecule has 25 heavy (non-hydrogen) atoms. The summed E-state index contributed by atoms with van der Waals surface area (Å²) in [4.78, 5) is 28.7. The Bertz CT molecular complexity index is 1160. The van der Waals surface area contributed by atoms with Crippen LogP contribution in [0.15, 0.2) is 64.1 Å². The third-order valence-electron chi connectivity index (χ3n) is 3.78. The number of benzene rings is 1. The molecule has 0 aliphatic heterocycles. The van der Waals surface area contributed by atoms with Gasteiger partial charge in [0.15, 0.2) is 0 Å². The lowest BCUT2D eigenvalue weighted by Crippen LogP contribution is -2.27. The lowest BCUT2D eigenvalue weighted by molar-refractivity contribution is 0.0947. The number of imidazole rings is 1. The van der Waals surface area contributed by atoms with E-state index in [1.807, 2.05) is 6.07 Å². The normalized spacial score (nSPS) is 11.1. The molecule has 6 nitrogen and oxygen atoms in total. The summed E-state index contributed by atoms with van der Waals surface area (Å²) < 4.78 is 6.95. The van der Waals surface area contributed by atoms with Gasteiger partial charge in [0.25, 0.3) is 5.91 Å². The highest BCUT2D eigenvalue weighted by atomic mass is 35.5. The van der Waals surface area contributed by atoms with Crippen LogP contribution in [0.2, 0.25) is 5.02 Å². The van der Waals surface area contributed by atoms with Crippen LogP contribution in [0, 0.1) is 0 Å². The summed E-state index contributed by atoms with van der Waals surface area (Å²) in [5.41, 5.74) is 1.12. The maximum atomic E-state index is 12.3. The van der Waals surface area contributed by atoms with E-state index in [0.29, 0.717) is 21.7 Å². The maximum absolute atomic E-state index is 12.3. The van der Waals surface area contributed by atoms with E-state index in [-0.39, 0.29) is 12.1 Å². The second-order valence-corrected chi connectivity index (χ2v) is 5.95. The van der Waals surface area contributed by atoms with Crippen molar-refractivity contribution < 1.29 is 9.21 Å². The van der Waals surface area contributed by atoms with E-state index in [0.717, 1.165) is 5.65 Å². The fourth-order valence-electron chi connectivity index (χ4n) is 2.59. The highest BCUT2D eigenvalue weighted by Gasteiger charge is 2.14. The van der Waals surface area contributed by atoms with Crippen molar-refractivity contribution >= 4 is 34.1 Å². The molecule has 1 aromatic carbocycles. The Balaban J connectivity index is 1.57. The van der Waals surface area contributed by atoms with Gasteiger partial charge in [0.2, 0.25) is 0 Å². The molecule has 0 bridgehead atoms. The zero-order chi connectivity index (χ0) is 17.4. The van der Waals surface area contributed by atoms with Crippen LogP contribution >= 0.6 is 11.6 Å². The van der Waals surface area contributed by atoms with Crippen molar-refractivity contribution in [1.29, 1.82) is 0 Å². The summed E-state index contributed by atoms with van der Waals surface area (Å²) in [6.45, 7) is 0.185. The van der Waals surface area contributed by atoms with E-state index in [2.05, 4.69) is 10.3 Å². The van der Waals surface area contributed by atoms with Crippen LogP contribution in [0.3, 0.4) is 0 Å². The SMILES string of the molecule is O=C(NCc1cn2cc(Cl)ccc2n1)c1cc2ccccc2oc1=O. The zero-order valence-corrected chi connectivity index (χ0v) is 13.7. The fourth-order valence-corrected chi connectivity index (χ4v) is 2.76. The first-order valence-electron chi connectivity index (χ1n) is 7.54. The van der Waals surface area contributed by atoms with Gasteiger partial charge in [-0.2, -0.15) is 0 Å². The first-order valence-corrected chi connectivity index (χ1v) is 7.92. The zero-order valence-electron chi connectivity index (χ0n) is 12.9.